The number of nitrogens with zero attached hydrogens (tertiary/aromatic N) is 2. The first-order valence-electron chi connectivity index (χ1n) is 10.3. The van der Waals surface area contributed by atoms with Gasteiger partial charge in [-0.2, -0.15) is 5.10 Å². The second-order valence-corrected chi connectivity index (χ2v) is 8.50. The molecule has 2 aromatic rings. The molecule has 0 saturated heterocycles. The maximum Gasteiger partial charge on any atom is 0.223 e. The average molecular weight is 384 g/mol. The quantitative estimate of drug-likeness (QED) is 0.845. The number of carbonyl (C=O) groups excluding carboxylic acids is 1. The molecule has 0 spiro atoms. The number of amides is 1. The number of nitrogens with one attached hydrogen (secondary N) is 1. The van der Waals surface area contributed by atoms with Crippen LogP contribution in [-0.2, 0) is 4.79 Å². The van der Waals surface area contributed by atoms with E-state index in [1.165, 1.54) is 18.6 Å². The van der Waals surface area contributed by atoms with Crippen LogP contribution in [0.15, 0.2) is 30.5 Å². The van der Waals surface area contributed by atoms with Crippen LogP contribution < -0.4 is 11.1 Å². The van der Waals surface area contributed by atoms with E-state index in [2.05, 4.69) is 10.4 Å². The fraction of sp³-hybridized carbons (Fsp3) is 0.545. The Kier molecular flexibility index (Phi) is 5.23. The van der Waals surface area contributed by atoms with Gasteiger partial charge in [-0.05, 0) is 75.6 Å². The second-order valence-electron chi connectivity index (χ2n) is 8.50. The molecule has 5 nitrogen and oxygen atoms in total. The van der Waals surface area contributed by atoms with E-state index < -0.39 is 0 Å². The van der Waals surface area contributed by atoms with E-state index in [1.807, 2.05) is 13.8 Å². The van der Waals surface area contributed by atoms with Crippen LogP contribution in [0.3, 0.4) is 0 Å². The summed E-state index contributed by atoms with van der Waals surface area (Å²) in [5.41, 5.74) is 9.09. The van der Waals surface area contributed by atoms with Gasteiger partial charge in [0.2, 0.25) is 5.91 Å². The molecule has 2 aliphatic carbocycles. The molecule has 0 aliphatic heterocycles. The molecule has 28 heavy (non-hydrogen) atoms. The van der Waals surface area contributed by atoms with Crippen LogP contribution >= 0.6 is 0 Å². The maximum atomic E-state index is 13.2. The van der Waals surface area contributed by atoms with Crippen molar-refractivity contribution in [3.05, 3.63) is 47.5 Å². The zero-order valence-corrected chi connectivity index (χ0v) is 16.6. The first kappa shape index (κ1) is 19.1. The summed E-state index contributed by atoms with van der Waals surface area (Å²) < 4.78 is 15.0. The van der Waals surface area contributed by atoms with Crippen LogP contribution in [0, 0.1) is 30.5 Å². The van der Waals surface area contributed by atoms with E-state index >= 15 is 0 Å². The molecule has 2 aliphatic rings. The summed E-state index contributed by atoms with van der Waals surface area (Å²) in [4.78, 5) is 12.9. The van der Waals surface area contributed by atoms with E-state index in [1.54, 1.807) is 23.0 Å². The molecule has 2 fully saturated rings. The SMILES string of the molecule is Cc1c(C(C)NC(=O)C2CC3CCCC(C2)C3N)cnn1-c1ccc(F)cc1. The van der Waals surface area contributed by atoms with Gasteiger partial charge in [0.15, 0.2) is 0 Å². The molecule has 3 unspecified atom stereocenters. The number of fused-ring (bicyclic) bond motifs is 2. The highest BCUT2D eigenvalue weighted by atomic mass is 19.1. The second kappa shape index (κ2) is 7.66. The third-order valence-electron chi connectivity index (χ3n) is 6.73. The van der Waals surface area contributed by atoms with Crippen LogP contribution in [0.1, 0.15) is 56.3 Å². The Labute approximate surface area is 165 Å². The molecule has 1 aromatic heterocycles. The van der Waals surface area contributed by atoms with Crippen molar-refractivity contribution in [1.29, 1.82) is 0 Å². The number of aromatic nitrogens is 2. The third-order valence-corrected chi connectivity index (χ3v) is 6.73. The van der Waals surface area contributed by atoms with Crippen LogP contribution in [0.2, 0.25) is 0 Å². The Morgan fingerprint density at radius 2 is 1.89 bits per heavy atom. The number of halogens is 1. The lowest BCUT2D eigenvalue weighted by Crippen LogP contribution is -2.49. The molecule has 150 valence electrons. The Hall–Kier alpha value is -2.21. The molecule has 1 heterocycles. The van der Waals surface area contributed by atoms with Gasteiger partial charge in [-0.1, -0.05) is 6.42 Å². The third kappa shape index (κ3) is 3.58. The van der Waals surface area contributed by atoms with Crippen LogP contribution in [0.5, 0.6) is 0 Å². The van der Waals surface area contributed by atoms with Gasteiger partial charge in [0.1, 0.15) is 5.82 Å². The highest BCUT2D eigenvalue weighted by Crippen LogP contribution is 2.42. The van der Waals surface area contributed by atoms with E-state index in [0.29, 0.717) is 11.8 Å². The van der Waals surface area contributed by atoms with Crippen molar-refractivity contribution in [2.24, 2.45) is 23.5 Å². The molecule has 1 aromatic carbocycles. The van der Waals surface area contributed by atoms with Crippen molar-refractivity contribution >= 4 is 5.91 Å². The van der Waals surface area contributed by atoms with Crippen molar-refractivity contribution in [3.8, 4) is 5.69 Å². The molecule has 4 rings (SSSR count). The zero-order valence-electron chi connectivity index (χ0n) is 16.6. The fourth-order valence-electron chi connectivity index (χ4n) is 5.10. The van der Waals surface area contributed by atoms with Gasteiger partial charge in [0.25, 0.3) is 0 Å². The highest BCUT2D eigenvalue weighted by molar-refractivity contribution is 5.79. The number of hydrogen-bond acceptors (Lipinski definition) is 3. The predicted octanol–water partition coefficient (Wildman–Crippen LogP) is 3.65. The molecule has 3 N–H and O–H groups in total. The summed E-state index contributed by atoms with van der Waals surface area (Å²) in [5, 5.41) is 7.63. The van der Waals surface area contributed by atoms with Crippen molar-refractivity contribution < 1.29 is 9.18 Å². The normalized spacial score (nSPS) is 28.0. The molecular weight excluding hydrogens is 355 g/mol. The van der Waals surface area contributed by atoms with E-state index in [9.17, 15) is 9.18 Å². The maximum absolute atomic E-state index is 13.2. The Balaban J connectivity index is 1.44. The number of rotatable bonds is 4. The van der Waals surface area contributed by atoms with Crippen molar-refractivity contribution in [3.63, 3.8) is 0 Å². The Morgan fingerprint density at radius 1 is 1.25 bits per heavy atom. The Bertz CT molecular complexity index is 833. The van der Waals surface area contributed by atoms with Gasteiger partial charge in [-0.15, -0.1) is 0 Å². The summed E-state index contributed by atoms with van der Waals surface area (Å²) in [6, 6.07) is 6.39. The molecule has 1 amide bonds. The standard InChI is InChI=1S/C22H29FN4O/c1-13(20-12-25-27(14(20)2)19-8-6-18(23)7-9-19)26-22(28)17-10-15-4-3-5-16(11-17)21(15)24/h6-9,12-13,15-17,21H,3-5,10-11,24H2,1-2H3,(H,26,28). The Morgan fingerprint density at radius 3 is 2.54 bits per heavy atom. The number of hydrogen-bond donors (Lipinski definition) is 2. The van der Waals surface area contributed by atoms with Gasteiger partial charge >= 0.3 is 0 Å². The van der Waals surface area contributed by atoms with Crippen molar-refractivity contribution in [2.75, 3.05) is 0 Å². The topological polar surface area (TPSA) is 72.9 Å². The average Bonchev–Trinajstić information content (AvgIpc) is 3.03. The lowest BCUT2D eigenvalue weighted by molar-refractivity contribution is -0.128. The minimum atomic E-state index is -0.272. The van der Waals surface area contributed by atoms with E-state index in [0.717, 1.165) is 42.6 Å². The number of benzene rings is 1. The zero-order chi connectivity index (χ0) is 19.8. The van der Waals surface area contributed by atoms with Crippen molar-refractivity contribution in [1.82, 2.24) is 15.1 Å². The summed E-state index contributed by atoms with van der Waals surface area (Å²) in [6.45, 7) is 3.96. The molecule has 2 saturated carbocycles. The lowest BCUT2D eigenvalue weighted by Gasteiger charge is -2.43. The largest absolute Gasteiger partial charge is 0.349 e. The fourth-order valence-corrected chi connectivity index (χ4v) is 5.10. The smallest absolute Gasteiger partial charge is 0.223 e. The van der Waals surface area contributed by atoms with Crippen LogP contribution in [-0.4, -0.2) is 21.7 Å². The minimum absolute atomic E-state index is 0.0602. The summed E-state index contributed by atoms with van der Waals surface area (Å²) >= 11 is 0. The van der Waals surface area contributed by atoms with Gasteiger partial charge in [-0.3, -0.25) is 4.79 Å². The summed E-state index contributed by atoms with van der Waals surface area (Å²) in [5.74, 6) is 0.893. The molecule has 2 bridgehead atoms. The first-order valence-corrected chi connectivity index (χ1v) is 10.3. The summed E-state index contributed by atoms with van der Waals surface area (Å²) in [6.07, 6.45) is 7.15. The van der Waals surface area contributed by atoms with Gasteiger partial charge in [0.05, 0.1) is 17.9 Å². The lowest BCUT2D eigenvalue weighted by atomic mass is 9.65. The van der Waals surface area contributed by atoms with Crippen molar-refractivity contribution in [2.45, 2.75) is 58.0 Å². The van der Waals surface area contributed by atoms with Gasteiger partial charge < -0.3 is 11.1 Å². The summed E-state index contributed by atoms with van der Waals surface area (Å²) in [7, 11) is 0. The van der Waals surface area contributed by atoms with Gasteiger partial charge in [0, 0.05) is 23.2 Å². The number of nitrogens with two attached hydrogens (primary N) is 1. The molecular formula is C22H29FN4O. The minimum Gasteiger partial charge on any atom is -0.349 e. The van der Waals surface area contributed by atoms with Crippen LogP contribution in [0.25, 0.3) is 5.69 Å². The van der Waals surface area contributed by atoms with E-state index in [-0.39, 0.29) is 29.7 Å². The molecule has 0 radical (unpaired) electrons. The molecule has 3 atom stereocenters. The van der Waals surface area contributed by atoms with Gasteiger partial charge in [-0.25, -0.2) is 9.07 Å². The van der Waals surface area contributed by atoms with E-state index in [4.69, 9.17) is 5.73 Å². The highest BCUT2D eigenvalue weighted by Gasteiger charge is 2.40. The predicted molar refractivity (Wildman–Crippen MR) is 106 cm³/mol. The number of carbonyl (C=O) groups is 1. The first-order chi connectivity index (χ1) is 13.4. The molecule has 6 heteroatoms. The van der Waals surface area contributed by atoms with Crippen LogP contribution in [0.4, 0.5) is 4.39 Å². The monoisotopic (exact) mass is 384 g/mol.